The van der Waals surface area contributed by atoms with Crippen LogP contribution in [0.3, 0.4) is 0 Å². The summed E-state index contributed by atoms with van der Waals surface area (Å²) in [4.78, 5) is 52.9. The van der Waals surface area contributed by atoms with Crippen LogP contribution in [0.25, 0.3) is 0 Å². The number of H-pyrrole nitrogens is 1. The van der Waals surface area contributed by atoms with E-state index in [1.54, 1.807) is 0 Å². The lowest BCUT2D eigenvalue weighted by Crippen LogP contribution is -2.55. The van der Waals surface area contributed by atoms with E-state index in [0.717, 1.165) is 0 Å². The molecule has 11 nitrogen and oxygen atoms in total. The minimum absolute atomic E-state index is 0.0729. The predicted octanol–water partition coefficient (Wildman–Crippen LogP) is -2.47. The molecule has 0 saturated carbocycles. The van der Waals surface area contributed by atoms with Crippen LogP contribution in [-0.4, -0.2) is 62.6 Å². The normalized spacial score (nSPS) is 14.1. The van der Waals surface area contributed by atoms with E-state index >= 15 is 0 Å². The van der Waals surface area contributed by atoms with Gasteiger partial charge >= 0.3 is 5.97 Å². The van der Waals surface area contributed by atoms with Gasteiger partial charge in [-0.25, -0.2) is 9.78 Å². The number of carboxylic acids is 1. The molecule has 26 heavy (non-hydrogen) atoms. The van der Waals surface area contributed by atoms with Crippen LogP contribution in [0.1, 0.15) is 18.5 Å². The van der Waals surface area contributed by atoms with Gasteiger partial charge in [0.1, 0.15) is 12.1 Å². The van der Waals surface area contributed by atoms with Crippen LogP contribution in [0.5, 0.6) is 0 Å². The van der Waals surface area contributed by atoms with E-state index in [9.17, 15) is 19.2 Å². The minimum atomic E-state index is -1.32. The highest BCUT2D eigenvalue weighted by Crippen LogP contribution is 2.01. The number of nitrogens with two attached hydrogens (primary N) is 2. The van der Waals surface area contributed by atoms with Crippen molar-refractivity contribution in [2.24, 2.45) is 11.5 Å². The van der Waals surface area contributed by atoms with Crippen LogP contribution in [0.15, 0.2) is 12.5 Å². The van der Waals surface area contributed by atoms with Crippen molar-refractivity contribution < 1.29 is 24.3 Å². The number of primary amides is 1. The van der Waals surface area contributed by atoms with Gasteiger partial charge in [0, 0.05) is 30.5 Å². The molecule has 0 fully saturated rings. The van der Waals surface area contributed by atoms with E-state index in [1.807, 2.05) is 0 Å². The molecule has 1 rings (SSSR count). The molecule has 3 unspecified atom stereocenters. The molecule has 8 N–H and O–H groups in total. The van der Waals surface area contributed by atoms with Crippen LogP contribution >= 0.6 is 12.6 Å². The molecule has 1 aromatic rings. The highest BCUT2D eigenvalue weighted by atomic mass is 32.1. The van der Waals surface area contributed by atoms with Crippen LogP contribution in [0.4, 0.5) is 0 Å². The van der Waals surface area contributed by atoms with Crippen LogP contribution in [0.2, 0.25) is 0 Å². The summed E-state index contributed by atoms with van der Waals surface area (Å²) in [6, 6.07) is -3.34. The van der Waals surface area contributed by atoms with Gasteiger partial charge in [-0.3, -0.25) is 14.4 Å². The monoisotopic (exact) mass is 386 g/mol. The minimum Gasteiger partial charge on any atom is -0.480 e. The zero-order valence-electron chi connectivity index (χ0n) is 13.8. The third kappa shape index (κ3) is 7.11. The molecule has 3 atom stereocenters. The Labute approximate surface area is 154 Å². The van der Waals surface area contributed by atoms with Crippen molar-refractivity contribution in [2.45, 2.75) is 37.4 Å². The number of carbonyl (C=O) groups excluding carboxylic acids is 3. The number of nitrogens with zero attached hydrogens (tertiary/aromatic N) is 1. The van der Waals surface area contributed by atoms with Gasteiger partial charge in [-0.15, -0.1) is 0 Å². The van der Waals surface area contributed by atoms with Gasteiger partial charge in [0.25, 0.3) is 0 Å². The van der Waals surface area contributed by atoms with Gasteiger partial charge in [0.15, 0.2) is 0 Å². The Morgan fingerprint density at radius 1 is 1.23 bits per heavy atom. The number of aromatic amines is 1. The molecule has 1 aromatic heterocycles. The maximum atomic E-state index is 12.2. The molecule has 0 radical (unpaired) electrons. The first kappa shape index (κ1) is 21.4. The summed E-state index contributed by atoms with van der Waals surface area (Å²) in [6.45, 7) is 0. The number of thiol groups is 1. The summed E-state index contributed by atoms with van der Waals surface area (Å²) in [6.07, 6.45) is 2.78. The lowest BCUT2D eigenvalue weighted by Gasteiger charge is -2.21. The van der Waals surface area contributed by atoms with Gasteiger partial charge in [0.05, 0.1) is 12.4 Å². The molecule has 0 aromatic carbocycles. The van der Waals surface area contributed by atoms with Crippen molar-refractivity contribution in [2.75, 3.05) is 5.75 Å². The van der Waals surface area contributed by atoms with Gasteiger partial charge < -0.3 is 32.2 Å². The zero-order chi connectivity index (χ0) is 19.7. The molecule has 1 heterocycles. The smallest absolute Gasteiger partial charge is 0.326 e. The number of aliphatic carboxylic acids is 1. The van der Waals surface area contributed by atoms with Gasteiger partial charge in [-0.05, 0) is 6.42 Å². The third-order valence-corrected chi connectivity index (χ3v) is 3.81. The van der Waals surface area contributed by atoms with Gasteiger partial charge in [0.2, 0.25) is 17.7 Å². The maximum Gasteiger partial charge on any atom is 0.326 e. The second kappa shape index (κ2) is 10.4. The number of carbonyl (C=O) groups is 4. The first-order valence-electron chi connectivity index (χ1n) is 7.70. The van der Waals surface area contributed by atoms with Crippen molar-refractivity contribution in [3.05, 3.63) is 18.2 Å². The number of aromatic nitrogens is 2. The Kier molecular flexibility index (Phi) is 8.58. The highest BCUT2D eigenvalue weighted by Gasteiger charge is 2.27. The predicted molar refractivity (Wildman–Crippen MR) is 94.0 cm³/mol. The number of rotatable bonds is 11. The second-order valence-electron chi connectivity index (χ2n) is 5.54. The number of amides is 3. The second-order valence-corrected chi connectivity index (χ2v) is 5.90. The quantitative estimate of drug-likeness (QED) is 0.205. The summed E-state index contributed by atoms with van der Waals surface area (Å²) >= 11 is 3.99. The SMILES string of the molecule is NC(=O)CCC(NC(=O)C(CS)NC(=O)C(N)Cc1cnc[nH]1)C(=O)O. The highest BCUT2D eigenvalue weighted by molar-refractivity contribution is 7.80. The zero-order valence-corrected chi connectivity index (χ0v) is 14.7. The van der Waals surface area contributed by atoms with E-state index in [1.165, 1.54) is 12.5 Å². The standard InChI is InChI=1S/C14H22N6O5S/c15-8(3-7-4-17-6-18-7)12(22)20-10(5-26)13(23)19-9(14(24)25)1-2-11(16)21/h4,6,8-10,26H,1-3,5,15H2,(H2,16,21)(H,17,18)(H,19,23)(H,20,22)(H,24,25). The molecule has 0 spiro atoms. The molecule has 0 aliphatic rings. The molecule has 0 aliphatic carbocycles. The summed E-state index contributed by atoms with van der Waals surface area (Å²) in [5.41, 5.74) is 11.4. The molecule has 12 heteroatoms. The van der Waals surface area contributed by atoms with E-state index in [4.69, 9.17) is 16.6 Å². The molecule has 0 bridgehead atoms. The Balaban J connectivity index is 2.61. The summed E-state index contributed by atoms with van der Waals surface area (Å²) < 4.78 is 0. The fourth-order valence-corrected chi connectivity index (χ4v) is 2.27. The molecule has 0 aliphatic heterocycles. The Morgan fingerprint density at radius 3 is 2.38 bits per heavy atom. The van der Waals surface area contributed by atoms with Crippen molar-refractivity contribution in [3.8, 4) is 0 Å². The van der Waals surface area contributed by atoms with E-state index in [2.05, 4.69) is 33.2 Å². The first-order chi connectivity index (χ1) is 12.2. The maximum absolute atomic E-state index is 12.2. The van der Waals surface area contributed by atoms with Crippen molar-refractivity contribution in [1.29, 1.82) is 0 Å². The third-order valence-electron chi connectivity index (χ3n) is 3.44. The van der Waals surface area contributed by atoms with E-state index in [0.29, 0.717) is 5.69 Å². The molecule has 3 amide bonds. The van der Waals surface area contributed by atoms with E-state index in [-0.39, 0.29) is 25.0 Å². The molecular formula is C14H22N6O5S. The fourth-order valence-electron chi connectivity index (χ4n) is 2.02. The van der Waals surface area contributed by atoms with Crippen LogP contribution in [0, 0.1) is 0 Å². The van der Waals surface area contributed by atoms with Gasteiger partial charge in [-0.2, -0.15) is 12.6 Å². The van der Waals surface area contributed by atoms with Crippen LogP contribution < -0.4 is 22.1 Å². The Bertz CT molecular complexity index is 638. The van der Waals surface area contributed by atoms with Gasteiger partial charge in [-0.1, -0.05) is 0 Å². The molecule has 144 valence electrons. The fraction of sp³-hybridized carbons (Fsp3) is 0.500. The number of nitrogens with one attached hydrogen (secondary N) is 3. The summed E-state index contributed by atoms with van der Waals surface area (Å²) in [7, 11) is 0. The lowest BCUT2D eigenvalue weighted by atomic mass is 10.1. The number of imidazole rings is 1. The Morgan fingerprint density at radius 2 is 1.88 bits per heavy atom. The summed E-state index contributed by atoms with van der Waals surface area (Å²) in [5, 5.41) is 13.8. The van der Waals surface area contributed by atoms with E-state index < -0.39 is 41.8 Å². The van der Waals surface area contributed by atoms with Crippen LogP contribution in [-0.2, 0) is 25.6 Å². The average molecular weight is 386 g/mol. The van der Waals surface area contributed by atoms with Crippen molar-refractivity contribution >= 4 is 36.3 Å². The molecule has 0 saturated heterocycles. The lowest BCUT2D eigenvalue weighted by molar-refractivity contribution is -0.142. The summed E-state index contributed by atoms with van der Waals surface area (Å²) in [5.74, 6) is -3.43. The average Bonchev–Trinajstić information content (AvgIpc) is 3.08. The largest absolute Gasteiger partial charge is 0.480 e. The molecular weight excluding hydrogens is 364 g/mol. The number of carboxylic acid groups (broad SMARTS) is 1. The van der Waals surface area contributed by atoms with Crippen molar-refractivity contribution in [1.82, 2.24) is 20.6 Å². The Hall–Kier alpha value is -2.60. The van der Waals surface area contributed by atoms with Crippen molar-refractivity contribution in [3.63, 3.8) is 0 Å². The topological polar surface area (TPSA) is 193 Å². The number of hydrogen-bond donors (Lipinski definition) is 7. The first-order valence-corrected chi connectivity index (χ1v) is 8.33. The number of hydrogen-bond acceptors (Lipinski definition) is 7.